The van der Waals surface area contributed by atoms with Gasteiger partial charge in [0.1, 0.15) is 0 Å². The molecule has 88 valence electrons. The van der Waals surface area contributed by atoms with Gasteiger partial charge < -0.3 is 10.5 Å². The van der Waals surface area contributed by atoms with Crippen molar-refractivity contribution in [2.75, 3.05) is 20.2 Å². The van der Waals surface area contributed by atoms with Crippen LogP contribution in [0.1, 0.15) is 12.0 Å². The van der Waals surface area contributed by atoms with Gasteiger partial charge in [-0.25, -0.2) is 4.39 Å². The molecule has 0 amide bonds. The van der Waals surface area contributed by atoms with Crippen LogP contribution in [0, 0.1) is 5.82 Å². The number of ether oxygens (including phenoxy) is 1. The van der Waals surface area contributed by atoms with Crippen molar-refractivity contribution in [3.05, 3.63) is 29.6 Å². The van der Waals surface area contributed by atoms with E-state index in [-0.39, 0.29) is 11.9 Å². The molecule has 0 saturated carbocycles. The summed E-state index contributed by atoms with van der Waals surface area (Å²) in [5.41, 5.74) is 6.49. The molecule has 1 aliphatic rings. The van der Waals surface area contributed by atoms with Gasteiger partial charge in [0.25, 0.3) is 0 Å². The third kappa shape index (κ3) is 2.33. The van der Waals surface area contributed by atoms with Crippen molar-refractivity contribution < 1.29 is 9.13 Å². The maximum absolute atomic E-state index is 13.8. The third-order valence-corrected chi connectivity index (χ3v) is 2.97. The van der Waals surface area contributed by atoms with Crippen molar-refractivity contribution in [3.63, 3.8) is 0 Å². The molecule has 1 aromatic rings. The lowest BCUT2D eigenvalue weighted by Crippen LogP contribution is -2.26. The molecule has 0 aliphatic carbocycles. The Balaban J connectivity index is 2.09. The average molecular weight is 224 g/mol. The van der Waals surface area contributed by atoms with E-state index in [1.54, 1.807) is 12.1 Å². The van der Waals surface area contributed by atoms with E-state index in [9.17, 15) is 4.39 Å². The van der Waals surface area contributed by atoms with Gasteiger partial charge in [0, 0.05) is 31.2 Å². The Morgan fingerprint density at radius 1 is 1.56 bits per heavy atom. The Morgan fingerprint density at radius 3 is 3.00 bits per heavy atom. The summed E-state index contributed by atoms with van der Waals surface area (Å²) in [5.74, 6) is 0.0477. The summed E-state index contributed by atoms with van der Waals surface area (Å²) in [6, 6.07) is 5.47. The number of nitrogens with zero attached hydrogens (tertiary/aromatic N) is 1. The Bertz CT molecular complexity index is 370. The van der Waals surface area contributed by atoms with Crippen LogP contribution >= 0.6 is 0 Å². The maximum atomic E-state index is 13.8. The molecule has 1 aromatic carbocycles. The first-order chi connectivity index (χ1) is 7.70. The lowest BCUT2D eigenvalue weighted by Gasteiger charge is -2.16. The van der Waals surface area contributed by atoms with Crippen molar-refractivity contribution in [2.45, 2.75) is 19.0 Å². The summed E-state index contributed by atoms with van der Waals surface area (Å²) in [6.07, 6.45) is 0.992. The summed E-state index contributed by atoms with van der Waals surface area (Å²) in [5, 5.41) is 0. The highest BCUT2D eigenvalue weighted by atomic mass is 19.1. The fraction of sp³-hybridized carbons (Fsp3) is 0.500. The number of benzene rings is 1. The Kier molecular flexibility index (Phi) is 3.41. The zero-order chi connectivity index (χ0) is 11.5. The van der Waals surface area contributed by atoms with Crippen LogP contribution in [0.5, 0.6) is 5.75 Å². The van der Waals surface area contributed by atoms with Crippen LogP contribution in [0.25, 0.3) is 0 Å². The summed E-state index contributed by atoms with van der Waals surface area (Å²) in [6.45, 7) is 2.39. The minimum absolute atomic E-state index is 0.230. The molecule has 1 heterocycles. The normalized spacial score (nSPS) is 21.3. The summed E-state index contributed by atoms with van der Waals surface area (Å²) >= 11 is 0. The number of hydrogen-bond acceptors (Lipinski definition) is 3. The molecule has 2 N–H and O–H groups in total. The topological polar surface area (TPSA) is 38.5 Å². The third-order valence-electron chi connectivity index (χ3n) is 2.97. The van der Waals surface area contributed by atoms with Gasteiger partial charge in [-0.3, -0.25) is 4.90 Å². The lowest BCUT2D eigenvalue weighted by molar-refractivity contribution is 0.316. The molecule has 1 atom stereocenters. The van der Waals surface area contributed by atoms with E-state index in [1.807, 2.05) is 6.07 Å². The molecule has 1 saturated heterocycles. The number of rotatable bonds is 3. The van der Waals surface area contributed by atoms with E-state index in [0.29, 0.717) is 17.9 Å². The molecule has 1 fully saturated rings. The molecule has 2 rings (SSSR count). The second kappa shape index (κ2) is 4.80. The largest absolute Gasteiger partial charge is 0.494 e. The Morgan fingerprint density at radius 2 is 2.38 bits per heavy atom. The first-order valence-electron chi connectivity index (χ1n) is 5.50. The Hall–Kier alpha value is -1.13. The van der Waals surface area contributed by atoms with E-state index in [1.165, 1.54) is 7.11 Å². The van der Waals surface area contributed by atoms with E-state index in [0.717, 1.165) is 19.5 Å². The SMILES string of the molecule is COc1cccc(CN2CCC(N)C2)c1F. The monoisotopic (exact) mass is 224 g/mol. The van der Waals surface area contributed by atoms with Gasteiger partial charge in [-0.15, -0.1) is 0 Å². The highest BCUT2D eigenvalue weighted by Crippen LogP contribution is 2.22. The molecular formula is C12H17FN2O. The molecule has 1 unspecified atom stereocenters. The van der Waals surface area contributed by atoms with Crippen molar-refractivity contribution in [1.29, 1.82) is 0 Å². The van der Waals surface area contributed by atoms with Crippen LogP contribution in [0.4, 0.5) is 4.39 Å². The Labute approximate surface area is 95.0 Å². The highest BCUT2D eigenvalue weighted by Gasteiger charge is 2.20. The number of hydrogen-bond donors (Lipinski definition) is 1. The van der Waals surface area contributed by atoms with Crippen LogP contribution in [0.2, 0.25) is 0 Å². The minimum Gasteiger partial charge on any atom is -0.494 e. The lowest BCUT2D eigenvalue weighted by atomic mass is 10.2. The van der Waals surface area contributed by atoms with Crippen LogP contribution in [0.15, 0.2) is 18.2 Å². The van der Waals surface area contributed by atoms with Crippen molar-refractivity contribution >= 4 is 0 Å². The van der Waals surface area contributed by atoms with E-state index in [4.69, 9.17) is 10.5 Å². The fourth-order valence-electron chi connectivity index (χ4n) is 2.08. The highest BCUT2D eigenvalue weighted by molar-refractivity contribution is 5.31. The molecule has 0 radical (unpaired) electrons. The van der Waals surface area contributed by atoms with Gasteiger partial charge in [-0.05, 0) is 12.5 Å². The standard InChI is InChI=1S/C12H17FN2O/c1-16-11-4-2-3-9(12(11)13)7-15-6-5-10(14)8-15/h2-4,10H,5-8,14H2,1H3. The van der Waals surface area contributed by atoms with Gasteiger partial charge >= 0.3 is 0 Å². The summed E-state index contributed by atoms with van der Waals surface area (Å²) < 4.78 is 18.8. The number of likely N-dealkylation sites (tertiary alicyclic amines) is 1. The molecular weight excluding hydrogens is 207 g/mol. The minimum atomic E-state index is -0.259. The predicted molar refractivity (Wildman–Crippen MR) is 60.8 cm³/mol. The zero-order valence-corrected chi connectivity index (χ0v) is 9.45. The molecule has 4 heteroatoms. The molecule has 0 spiro atoms. The number of halogens is 1. The van der Waals surface area contributed by atoms with Crippen LogP contribution in [-0.4, -0.2) is 31.1 Å². The van der Waals surface area contributed by atoms with Gasteiger partial charge in [0.2, 0.25) is 0 Å². The average Bonchev–Trinajstić information content (AvgIpc) is 2.67. The van der Waals surface area contributed by atoms with E-state index < -0.39 is 0 Å². The van der Waals surface area contributed by atoms with Gasteiger partial charge in [-0.2, -0.15) is 0 Å². The fourth-order valence-corrected chi connectivity index (χ4v) is 2.08. The number of nitrogens with two attached hydrogens (primary N) is 1. The molecule has 1 aliphatic heterocycles. The van der Waals surface area contributed by atoms with Crippen molar-refractivity contribution in [2.24, 2.45) is 5.73 Å². The molecule has 16 heavy (non-hydrogen) atoms. The van der Waals surface area contributed by atoms with Crippen LogP contribution < -0.4 is 10.5 Å². The number of methoxy groups -OCH3 is 1. The quantitative estimate of drug-likeness (QED) is 0.842. The second-order valence-electron chi connectivity index (χ2n) is 4.22. The molecule has 3 nitrogen and oxygen atoms in total. The van der Waals surface area contributed by atoms with Crippen molar-refractivity contribution in [3.8, 4) is 5.75 Å². The summed E-state index contributed by atoms with van der Waals surface area (Å²) in [7, 11) is 1.48. The van der Waals surface area contributed by atoms with Crippen LogP contribution in [0.3, 0.4) is 0 Å². The van der Waals surface area contributed by atoms with Gasteiger partial charge in [0.15, 0.2) is 11.6 Å². The first-order valence-corrected chi connectivity index (χ1v) is 5.50. The first kappa shape index (κ1) is 11.4. The van der Waals surface area contributed by atoms with Crippen LogP contribution in [-0.2, 0) is 6.54 Å². The zero-order valence-electron chi connectivity index (χ0n) is 9.45. The smallest absolute Gasteiger partial charge is 0.169 e. The molecule has 0 aromatic heterocycles. The molecule has 0 bridgehead atoms. The van der Waals surface area contributed by atoms with Gasteiger partial charge in [-0.1, -0.05) is 12.1 Å². The van der Waals surface area contributed by atoms with Crippen molar-refractivity contribution in [1.82, 2.24) is 4.90 Å². The second-order valence-corrected chi connectivity index (χ2v) is 4.22. The van der Waals surface area contributed by atoms with E-state index in [2.05, 4.69) is 4.90 Å². The maximum Gasteiger partial charge on any atom is 0.169 e. The van der Waals surface area contributed by atoms with Gasteiger partial charge in [0.05, 0.1) is 7.11 Å². The summed E-state index contributed by atoms with van der Waals surface area (Å²) in [4.78, 5) is 2.17. The van der Waals surface area contributed by atoms with E-state index >= 15 is 0 Å². The predicted octanol–water partition coefficient (Wildman–Crippen LogP) is 1.37.